The number of nitrogens with zero attached hydrogens (tertiary/aromatic N) is 1. The summed E-state index contributed by atoms with van der Waals surface area (Å²) in [4.78, 5) is 5.99. The molecule has 3 atom stereocenters. The summed E-state index contributed by atoms with van der Waals surface area (Å²) in [6.07, 6.45) is 11.9. The molecule has 2 aromatic rings. The second-order valence-corrected chi connectivity index (χ2v) is 11.3. The van der Waals surface area contributed by atoms with Gasteiger partial charge in [0.25, 0.3) is 0 Å². The number of hydrogen-bond acceptors (Lipinski definition) is 3. The van der Waals surface area contributed by atoms with Gasteiger partial charge in [0.1, 0.15) is 0 Å². The van der Waals surface area contributed by atoms with E-state index in [0.717, 1.165) is 27.5 Å². The summed E-state index contributed by atoms with van der Waals surface area (Å²) in [5, 5.41) is 5.18. The molecule has 1 nitrogen and oxygen atoms in total. The molecule has 2 aliphatic rings. The molecule has 2 saturated carbocycles. The average molecular weight is 477 g/mol. The average Bonchev–Trinajstić information content (AvgIpc) is 2.74. The van der Waals surface area contributed by atoms with E-state index >= 15 is 0 Å². The number of halogens is 2. The van der Waals surface area contributed by atoms with Gasteiger partial charge in [0.05, 0.1) is 10.7 Å². The quantitative estimate of drug-likeness (QED) is 0.242. The summed E-state index contributed by atoms with van der Waals surface area (Å²) in [5.41, 5.74) is 1.01. The third kappa shape index (κ3) is 6.56. The lowest BCUT2D eigenvalue weighted by Gasteiger charge is -2.39. The molecular weight excluding hydrogens is 449 g/mol. The third-order valence-electron chi connectivity index (χ3n) is 6.03. The first-order valence-corrected chi connectivity index (χ1v) is 13.3. The van der Waals surface area contributed by atoms with Crippen molar-refractivity contribution in [2.24, 2.45) is 16.8 Å². The topological polar surface area (TPSA) is 12.4 Å². The highest BCUT2D eigenvalue weighted by Crippen LogP contribution is 2.44. The number of fused-ring (bicyclic) bond motifs is 1. The molecule has 30 heavy (non-hydrogen) atoms. The van der Waals surface area contributed by atoms with Crippen LogP contribution in [0, 0.1) is 11.8 Å². The fourth-order valence-electron chi connectivity index (χ4n) is 4.61. The Morgan fingerprint density at radius 2 is 1.63 bits per heavy atom. The largest absolute Gasteiger partial charge is 0.242 e. The van der Waals surface area contributed by atoms with E-state index in [0.29, 0.717) is 15.3 Å². The van der Waals surface area contributed by atoms with Crippen LogP contribution < -0.4 is 0 Å². The van der Waals surface area contributed by atoms with Gasteiger partial charge in [-0.25, -0.2) is 4.99 Å². The Labute approximate surface area is 198 Å². The Balaban J connectivity index is 1.46. The number of rotatable bonds is 5. The lowest BCUT2D eigenvalue weighted by molar-refractivity contribution is 0.175. The van der Waals surface area contributed by atoms with Gasteiger partial charge >= 0.3 is 0 Å². The van der Waals surface area contributed by atoms with Gasteiger partial charge in [0.15, 0.2) is 0 Å². The fraction of sp³-hybridized carbons (Fsp3) is 0.400. The van der Waals surface area contributed by atoms with Crippen LogP contribution in [0.4, 0.5) is 5.69 Å². The first-order chi connectivity index (χ1) is 14.7. The van der Waals surface area contributed by atoms with Crippen LogP contribution in [0.25, 0.3) is 0 Å². The van der Waals surface area contributed by atoms with Crippen LogP contribution >= 0.6 is 46.7 Å². The summed E-state index contributed by atoms with van der Waals surface area (Å²) in [7, 11) is 0. The van der Waals surface area contributed by atoms with Crippen LogP contribution in [0.2, 0.25) is 10.0 Å². The third-order valence-corrected chi connectivity index (χ3v) is 8.47. The molecule has 0 saturated heterocycles. The predicted molar refractivity (Wildman–Crippen MR) is 136 cm³/mol. The Morgan fingerprint density at radius 1 is 0.900 bits per heavy atom. The molecule has 0 heterocycles. The summed E-state index contributed by atoms with van der Waals surface area (Å²) in [6, 6.07) is 15.9. The maximum atomic E-state index is 6.13. The first kappa shape index (κ1) is 22.3. The van der Waals surface area contributed by atoms with E-state index in [1.54, 1.807) is 17.8 Å². The van der Waals surface area contributed by atoms with Gasteiger partial charge < -0.3 is 0 Å². The molecule has 3 unspecified atom stereocenters. The molecule has 2 fully saturated rings. The summed E-state index contributed by atoms with van der Waals surface area (Å²) >= 11 is 15.8. The minimum Gasteiger partial charge on any atom is -0.242 e. The molecule has 0 spiro atoms. The van der Waals surface area contributed by atoms with Gasteiger partial charge in [-0.15, -0.1) is 11.8 Å². The van der Waals surface area contributed by atoms with Crippen molar-refractivity contribution in [3.05, 3.63) is 70.1 Å². The minimum atomic E-state index is 0.662. The van der Waals surface area contributed by atoms with E-state index in [2.05, 4.69) is 23.6 Å². The zero-order valence-corrected chi connectivity index (χ0v) is 20.1. The molecular formula is C25H27Cl2NS2. The minimum absolute atomic E-state index is 0.662. The van der Waals surface area contributed by atoms with Crippen LogP contribution in [0.3, 0.4) is 0 Å². The summed E-state index contributed by atoms with van der Waals surface area (Å²) in [6.45, 7) is 0. The highest BCUT2D eigenvalue weighted by Gasteiger charge is 2.32. The van der Waals surface area contributed by atoms with Crippen molar-refractivity contribution in [1.29, 1.82) is 0 Å². The van der Waals surface area contributed by atoms with Crippen molar-refractivity contribution in [3.63, 3.8) is 0 Å². The van der Waals surface area contributed by atoms with Crippen LogP contribution in [0.5, 0.6) is 0 Å². The maximum absolute atomic E-state index is 6.13. The van der Waals surface area contributed by atoms with Crippen LogP contribution in [-0.2, 0) is 0 Å². The molecule has 158 valence electrons. The second kappa shape index (κ2) is 11.1. The van der Waals surface area contributed by atoms with Gasteiger partial charge in [-0.1, -0.05) is 78.8 Å². The van der Waals surface area contributed by atoms with E-state index in [1.165, 1.54) is 44.9 Å². The number of para-hydroxylation sites is 1. The van der Waals surface area contributed by atoms with E-state index in [4.69, 9.17) is 28.2 Å². The van der Waals surface area contributed by atoms with Crippen molar-refractivity contribution in [2.75, 3.05) is 0 Å². The molecule has 0 radical (unpaired) electrons. The van der Waals surface area contributed by atoms with Crippen molar-refractivity contribution in [3.8, 4) is 0 Å². The van der Waals surface area contributed by atoms with Crippen molar-refractivity contribution in [1.82, 2.24) is 0 Å². The molecule has 0 N–H and O–H groups in total. The molecule has 2 aliphatic carbocycles. The van der Waals surface area contributed by atoms with Crippen molar-refractivity contribution < 1.29 is 0 Å². The Bertz CT molecular complexity index is 877. The molecule has 0 bridgehead atoms. The lowest BCUT2D eigenvalue weighted by Crippen LogP contribution is -2.29. The zero-order chi connectivity index (χ0) is 20.8. The molecule has 0 amide bonds. The predicted octanol–water partition coefficient (Wildman–Crippen LogP) is 9.42. The Hall–Kier alpha value is -0.870. The summed E-state index contributed by atoms with van der Waals surface area (Å²) < 4.78 is 0. The number of aliphatic imine (C=N–C) groups is 1. The van der Waals surface area contributed by atoms with Crippen molar-refractivity contribution >= 4 is 57.5 Å². The second-order valence-electron chi connectivity index (χ2n) is 8.17. The van der Waals surface area contributed by atoms with Crippen molar-refractivity contribution in [2.45, 2.75) is 55.1 Å². The van der Waals surface area contributed by atoms with Gasteiger partial charge in [-0.3, -0.25) is 0 Å². The Kier molecular flexibility index (Phi) is 8.28. The standard InChI is InChI=1S/C25H27Cl2NS2/c26-20-15-21(27)17-24(16-20)29-13-12-25(28-22-8-2-1-3-9-22)30-23-11-10-18-6-4-5-7-19(18)14-23/h1-3,8-9,12-13,15-19,23H,4-7,10-11,14H2. The number of thioether (sulfide) groups is 2. The molecule has 4 rings (SSSR count). The van der Waals surface area contributed by atoms with Gasteiger partial charge in [0, 0.05) is 20.2 Å². The van der Waals surface area contributed by atoms with Gasteiger partial charge in [-0.2, -0.15) is 0 Å². The normalized spacial score (nSPS) is 24.7. The summed E-state index contributed by atoms with van der Waals surface area (Å²) in [5.74, 6) is 1.90. The van der Waals surface area contributed by atoms with Crippen LogP contribution in [0.1, 0.15) is 44.9 Å². The van der Waals surface area contributed by atoms with Crippen LogP contribution in [0.15, 0.2) is 69.9 Å². The smallest absolute Gasteiger partial charge is 0.0975 e. The first-order valence-electron chi connectivity index (χ1n) is 10.8. The maximum Gasteiger partial charge on any atom is 0.0975 e. The SMILES string of the molecule is Clc1cc(Cl)cc(SC=CC(=Nc2ccccc2)SC2CCC3CCCCC3C2)c1. The van der Waals surface area contributed by atoms with Gasteiger partial charge in [0.2, 0.25) is 0 Å². The number of hydrogen-bond donors (Lipinski definition) is 0. The van der Waals surface area contributed by atoms with Crippen LogP contribution in [-0.4, -0.2) is 10.3 Å². The monoisotopic (exact) mass is 475 g/mol. The highest BCUT2D eigenvalue weighted by atomic mass is 35.5. The Morgan fingerprint density at radius 3 is 2.40 bits per heavy atom. The van der Waals surface area contributed by atoms with Gasteiger partial charge in [-0.05, 0) is 72.9 Å². The van der Waals surface area contributed by atoms with E-state index in [1.807, 2.05) is 42.1 Å². The van der Waals surface area contributed by atoms with E-state index < -0.39 is 0 Å². The highest BCUT2D eigenvalue weighted by molar-refractivity contribution is 8.15. The zero-order valence-electron chi connectivity index (χ0n) is 17.0. The molecule has 5 heteroatoms. The molecule has 0 aliphatic heterocycles. The lowest BCUT2D eigenvalue weighted by atomic mass is 9.71. The van der Waals surface area contributed by atoms with E-state index in [-0.39, 0.29) is 0 Å². The fourth-order valence-corrected chi connectivity index (χ4v) is 7.34. The number of benzene rings is 2. The molecule has 0 aromatic heterocycles. The van der Waals surface area contributed by atoms with E-state index in [9.17, 15) is 0 Å². The molecule has 2 aromatic carbocycles.